The molecule has 1 fully saturated rings. The van der Waals surface area contributed by atoms with Crippen LogP contribution in [0.25, 0.3) is 0 Å². The number of ether oxygens (including phenoxy) is 1. The quantitative estimate of drug-likeness (QED) is 0.728. The average Bonchev–Trinajstić information content (AvgIpc) is 3.25. The zero-order chi connectivity index (χ0) is 21.1. The smallest absolute Gasteiger partial charge is 0.340 e. The van der Waals surface area contributed by atoms with Crippen molar-refractivity contribution < 1.29 is 14.3 Å². The van der Waals surface area contributed by atoms with Crippen LogP contribution in [0, 0.1) is 13.8 Å². The third kappa shape index (κ3) is 4.70. The van der Waals surface area contributed by atoms with Crippen LogP contribution in [-0.2, 0) is 4.74 Å². The maximum atomic E-state index is 12.9. The molecule has 2 atom stereocenters. The Morgan fingerprint density at radius 2 is 1.86 bits per heavy atom. The first kappa shape index (κ1) is 21.1. The molecule has 0 saturated carbocycles. The molecule has 1 saturated heterocycles. The minimum Gasteiger partial charge on any atom is -0.459 e. The van der Waals surface area contributed by atoms with Gasteiger partial charge in [-0.15, -0.1) is 0 Å². The first-order chi connectivity index (χ1) is 13.8. The summed E-state index contributed by atoms with van der Waals surface area (Å²) in [5.74, 6) is -0.567. The van der Waals surface area contributed by atoms with E-state index in [1.54, 1.807) is 13.8 Å². The molecule has 1 aromatic carbocycles. The van der Waals surface area contributed by atoms with Gasteiger partial charge in [0.1, 0.15) is 5.69 Å². The van der Waals surface area contributed by atoms with Crippen molar-refractivity contribution in [1.29, 1.82) is 0 Å². The van der Waals surface area contributed by atoms with Crippen molar-refractivity contribution in [3.63, 3.8) is 0 Å². The molecule has 156 valence electrons. The number of aromatic nitrogens is 1. The Kier molecular flexibility index (Phi) is 6.42. The topological polar surface area (TPSA) is 74.4 Å². The van der Waals surface area contributed by atoms with Crippen molar-refractivity contribution in [2.45, 2.75) is 59.2 Å². The standard InChI is InChI=1S/C23H31N3O3/c1-14(2)29-23(28)20-15(3)21(24-16(20)4)22(27)25-19-11-12-26(13-19)17(5)18-9-7-6-8-10-18/h6-10,14,17,19,24H,11-13H2,1-5H3,(H,25,27). The number of aryl methyl sites for hydroxylation is 1. The molecular weight excluding hydrogens is 366 g/mol. The first-order valence-electron chi connectivity index (χ1n) is 10.3. The van der Waals surface area contributed by atoms with Gasteiger partial charge in [-0.2, -0.15) is 0 Å². The van der Waals surface area contributed by atoms with Gasteiger partial charge in [0.2, 0.25) is 0 Å². The lowest BCUT2D eigenvalue weighted by Gasteiger charge is -2.24. The van der Waals surface area contributed by atoms with Gasteiger partial charge in [0.15, 0.2) is 0 Å². The fourth-order valence-electron chi connectivity index (χ4n) is 4.01. The molecule has 6 heteroatoms. The molecule has 3 rings (SSSR count). The van der Waals surface area contributed by atoms with E-state index in [0.717, 1.165) is 19.5 Å². The zero-order valence-electron chi connectivity index (χ0n) is 17.9. The molecule has 1 aliphatic rings. The normalized spacial score (nSPS) is 18.1. The molecule has 1 aromatic heterocycles. The monoisotopic (exact) mass is 397 g/mol. The van der Waals surface area contributed by atoms with E-state index < -0.39 is 5.97 Å². The van der Waals surface area contributed by atoms with Crippen LogP contribution in [0.4, 0.5) is 0 Å². The zero-order valence-corrected chi connectivity index (χ0v) is 17.9. The van der Waals surface area contributed by atoms with Crippen LogP contribution in [0.3, 0.4) is 0 Å². The number of carbonyl (C=O) groups is 2. The number of amides is 1. The van der Waals surface area contributed by atoms with E-state index in [0.29, 0.717) is 28.6 Å². The van der Waals surface area contributed by atoms with Crippen molar-refractivity contribution in [2.75, 3.05) is 13.1 Å². The van der Waals surface area contributed by atoms with E-state index in [1.165, 1.54) is 5.56 Å². The summed E-state index contributed by atoms with van der Waals surface area (Å²) in [5, 5.41) is 3.13. The van der Waals surface area contributed by atoms with Crippen LogP contribution in [0.15, 0.2) is 30.3 Å². The van der Waals surface area contributed by atoms with E-state index >= 15 is 0 Å². The van der Waals surface area contributed by atoms with Gasteiger partial charge in [0, 0.05) is 30.9 Å². The Hall–Kier alpha value is -2.60. The maximum absolute atomic E-state index is 12.9. The van der Waals surface area contributed by atoms with Gasteiger partial charge in [-0.25, -0.2) is 4.79 Å². The highest BCUT2D eigenvalue weighted by molar-refractivity contribution is 6.00. The number of likely N-dealkylation sites (tertiary alicyclic amines) is 1. The second kappa shape index (κ2) is 8.82. The third-order valence-electron chi connectivity index (χ3n) is 5.60. The number of nitrogens with one attached hydrogen (secondary N) is 2. The van der Waals surface area contributed by atoms with Crippen LogP contribution in [0.2, 0.25) is 0 Å². The summed E-state index contributed by atoms with van der Waals surface area (Å²) in [4.78, 5) is 30.7. The van der Waals surface area contributed by atoms with Gasteiger partial charge in [-0.1, -0.05) is 30.3 Å². The van der Waals surface area contributed by atoms with E-state index in [9.17, 15) is 9.59 Å². The number of nitrogens with zero attached hydrogens (tertiary/aromatic N) is 1. The van der Waals surface area contributed by atoms with Crippen LogP contribution in [0.1, 0.15) is 70.9 Å². The van der Waals surface area contributed by atoms with Crippen molar-refractivity contribution in [2.24, 2.45) is 0 Å². The van der Waals surface area contributed by atoms with Crippen LogP contribution < -0.4 is 5.32 Å². The molecule has 0 bridgehead atoms. The summed E-state index contributed by atoms with van der Waals surface area (Å²) in [5.41, 5.74) is 3.47. The molecule has 0 radical (unpaired) electrons. The molecule has 2 heterocycles. The van der Waals surface area contributed by atoms with Crippen molar-refractivity contribution in [3.05, 3.63) is 58.4 Å². The number of hydrogen-bond acceptors (Lipinski definition) is 4. The van der Waals surface area contributed by atoms with E-state index in [4.69, 9.17) is 4.74 Å². The summed E-state index contributed by atoms with van der Waals surface area (Å²) >= 11 is 0. The summed E-state index contributed by atoms with van der Waals surface area (Å²) in [6.07, 6.45) is 0.703. The van der Waals surface area contributed by atoms with Crippen LogP contribution in [-0.4, -0.2) is 47.0 Å². The largest absolute Gasteiger partial charge is 0.459 e. The van der Waals surface area contributed by atoms with Gasteiger partial charge < -0.3 is 15.0 Å². The fourth-order valence-corrected chi connectivity index (χ4v) is 4.01. The Labute approximate surface area is 172 Å². The molecule has 1 aliphatic heterocycles. The molecular formula is C23H31N3O3. The summed E-state index contributed by atoms with van der Waals surface area (Å²) < 4.78 is 5.31. The Bertz CT molecular complexity index is 873. The summed E-state index contributed by atoms with van der Waals surface area (Å²) in [6, 6.07) is 10.8. The van der Waals surface area contributed by atoms with Gasteiger partial charge >= 0.3 is 5.97 Å². The minimum atomic E-state index is -0.394. The predicted octanol–water partition coefficient (Wildman–Crippen LogP) is 3.76. The van der Waals surface area contributed by atoms with Crippen molar-refractivity contribution in [1.82, 2.24) is 15.2 Å². The number of carbonyl (C=O) groups excluding carboxylic acids is 2. The molecule has 0 spiro atoms. The Morgan fingerprint density at radius 3 is 2.52 bits per heavy atom. The highest BCUT2D eigenvalue weighted by atomic mass is 16.5. The lowest BCUT2D eigenvalue weighted by atomic mass is 10.1. The number of aromatic amines is 1. The fraction of sp³-hybridized carbons (Fsp3) is 0.478. The van der Waals surface area contributed by atoms with Gasteiger partial charge in [-0.05, 0) is 52.2 Å². The lowest BCUT2D eigenvalue weighted by Crippen LogP contribution is -2.38. The molecule has 0 aliphatic carbocycles. The maximum Gasteiger partial charge on any atom is 0.340 e. The van der Waals surface area contributed by atoms with E-state index in [2.05, 4.69) is 46.4 Å². The number of esters is 1. The molecule has 2 unspecified atom stereocenters. The molecule has 6 nitrogen and oxygen atoms in total. The second-order valence-electron chi connectivity index (χ2n) is 8.12. The van der Waals surface area contributed by atoms with Crippen molar-refractivity contribution >= 4 is 11.9 Å². The Morgan fingerprint density at radius 1 is 1.17 bits per heavy atom. The Balaban J connectivity index is 1.65. The van der Waals surface area contributed by atoms with E-state index in [1.807, 2.05) is 19.9 Å². The molecule has 1 amide bonds. The van der Waals surface area contributed by atoms with Crippen LogP contribution in [0.5, 0.6) is 0 Å². The highest BCUT2D eigenvalue weighted by Gasteiger charge is 2.30. The number of hydrogen-bond donors (Lipinski definition) is 2. The molecule has 2 N–H and O–H groups in total. The number of benzene rings is 1. The van der Waals surface area contributed by atoms with Crippen LogP contribution >= 0.6 is 0 Å². The predicted molar refractivity (Wildman–Crippen MR) is 113 cm³/mol. The lowest BCUT2D eigenvalue weighted by molar-refractivity contribution is 0.0376. The molecule has 2 aromatic rings. The summed E-state index contributed by atoms with van der Waals surface area (Å²) in [7, 11) is 0. The van der Waals surface area contributed by atoms with Gasteiger partial charge in [-0.3, -0.25) is 9.69 Å². The molecule has 29 heavy (non-hydrogen) atoms. The second-order valence-corrected chi connectivity index (χ2v) is 8.12. The van der Waals surface area contributed by atoms with E-state index in [-0.39, 0.29) is 18.1 Å². The highest BCUT2D eigenvalue weighted by Crippen LogP contribution is 2.25. The van der Waals surface area contributed by atoms with Gasteiger partial charge in [0.25, 0.3) is 5.91 Å². The SMILES string of the molecule is Cc1[nH]c(C(=O)NC2CCN(C(C)c3ccccc3)C2)c(C)c1C(=O)OC(C)C. The first-order valence-corrected chi connectivity index (χ1v) is 10.3. The van der Waals surface area contributed by atoms with Crippen molar-refractivity contribution in [3.8, 4) is 0 Å². The minimum absolute atomic E-state index is 0.0859. The third-order valence-corrected chi connectivity index (χ3v) is 5.60. The van der Waals surface area contributed by atoms with Gasteiger partial charge in [0.05, 0.1) is 11.7 Å². The number of H-pyrrole nitrogens is 1. The summed E-state index contributed by atoms with van der Waals surface area (Å²) in [6.45, 7) is 11.1. The number of rotatable bonds is 6. The average molecular weight is 398 g/mol.